The van der Waals surface area contributed by atoms with E-state index in [2.05, 4.69) is 20.5 Å². The number of aromatic nitrogens is 3. The van der Waals surface area contributed by atoms with Gasteiger partial charge in [0.15, 0.2) is 4.34 Å². The van der Waals surface area contributed by atoms with Crippen LogP contribution >= 0.6 is 23.1 Å². The van der Waals surface area contributed by atoms with E-state index >= 15 is 0 Å². The third-order valence-electron chi connectivity index (χ3n) is 3.62. The minimum Gasteiger partial charge on any atom is -0.299 e. The van der Waals surface area contributed by atoms with Gasteiger partial charge in [0.2, 0.25) is 21.1 Å². The van der Waals surface area contributed by atoms with Crippen LogP contribution in [0.5, 0.6) is 0 Å². The highest BCUT2D eigenvalue weighted by Crippen LogP contribution is 2.26. The number of amides is 1. The van der Waals surface area contributed by atoms with E-state index in [1.807, 2.05) is 6.92 Å². The number of hydrogen-bond donors (Lipinski definition) is 1. The molecule has 0 radical (unpaired) electrons. The summed E-state index contributed by atoms with van der Waals surface area (Å²) in [5, 5.41) is 12.0. The van der Waals surface area contributed by atoms with Gasteiger partial charge in [0.25, 0.3) is 0 Å². The zero-order chi connectivity index (χ0) is 19.4. The van der Waals surface area contributed by atoms with Crippen molar-refractivity contribution < 1.29 is 13.2 Å². The average molecular weight is 424 g/mol. The summed E-state index contributed by atoms with van der Waals surface area (Å²) >= 11 is 2.77. The number of carbonyl (C=O) groups excluding carboxylic acids is 1. The minimum absolute atomic E-state index is 0.134. The normalized spacial score (nSPS) is 11.8. The Morgan fingerprint density at radius 1 is 1.30 bits per heavy atom. The van der Waals surface area contributed by atoms with Crippen molar-refractivity contribution in [3.63, 3.8) is 0 Å². The van der Waals surface area contributed by atoms with E-state index in [1.165, 1.54) is 42.4 Å². The van der Waals surface area contributed by atoms with Gasteiger partial charge in [-0.1, -0.05) is 42.2 Å². The predicted octanol–water partition coefficient (Wildman–Crippen LogP) is 2.46. The maximum Gasteiger partial charge on any atom is 0.243 e. The van der Waals surface area contributed by atoms with E-state index < -0.39 is 15.9 Å². The maximum absolute atomic E-state index is 12.9. The Labute approximate surface area is 165 Å². The second kappa shape index (κ2) is 8.30. The molecule has 0 atom stereocenters. The molecular formula is C16H17N5O3S3. The van der Waals surface area contributed by atoms with Gasteiger partial charge in [-0.2, -0.15) is 4.31 Å². The fourth-order valence-electron chi connectivity index (χ4n) is 2.37. The van der Waals surface area contributed by atoms with E-state index in [0.29, 0.717) is 15.9 Å². The Bertz CT molecular complexity index is 1060. The first-order valence-electron chi connectivity index (χ1n) is 7.97. The number of likely N-dealkylation sites (N-methyl/N-ethyl adjacent to an activating group) is 1. The number of pyridine rings is 1. The first kappa shape index (κ1) is 19.7. The molecule has 0 aliphatic rings. The molecule has 2 aromatic heterocycles. The average Bonchev–Trinajstić information content (AvgIpc) is 3.08. The number of benzene rings is 1. The lowest BCUT2D eigenvalue weighted by atomic mass is 10.2. The van der Waals surface area contributed by atoms with Crippen LogP contribution in [0.1, 0.15) is 6.92 Å². The van der Waals surface area contributed by atoms with Crippen molar-refractivity contribution in [2.24, 2.45) is 0 Å². The number of rotatable bonds is 7. The van der Waals surface area contributed by atoms with Crippen molar-refractivity contribution in [1.82, 2.24) is 19.5 Å². The number of anilines is 1. The van der Waals surface area contributed by atoms with Gasteiger partial charge >= 0.3 is 0 Å². The van der Waals surface area contributed by atoms with Crippen LogP contribution in [0.25, 0.3) is 10.8 Å². The highest BCUT2D eigenvalue weighted by molar-refractivity contribution is 8.01. The molecule has 0 spiro atoms. The van der Waals surface area contributed by atoms with Crippen molar-refractivity contribution in [3.8, 4) is 0 Å². The molecule has 1 N–H and O–H groups in total. The molecule has 0 fully saturated rings. The van der Waals surface area contributed by atoms with Crippen LogP contribution in [-0.4, -0.2) is 53.2 Å². The Kier molecular flexibility index (Phi) is 6.05. The Hall–Kier alpha value is -2.08. The fraction of sp³-hybridized carbons (Fsp3) is 0.250. The van der Waals surface area contributed by atoms with Crippen LogP contribution in [0.15, 0.2) is 45.9 Å². The fourth-order valence-corrected chi connectivity index (χ4v) is 5.38. The van der Waals surface area contributed by atoms with E-state index in [0.717, 1.165) is 14.4 Å². The largest absolute Gasteiger partial charge is 0.299 e. The summed E-state index contributed by atoms with van der Waals surface area (Å²) in [7, 11) is -2.48. The Balaban J connectivity index is 1.75. The Morgan fingerprint density at radius 2 is 2.11 bits per heavy atom. The van der Waals surface area contributed by atoms with Crippen LogP contribution in [0, 0.1) is 0 Å². The van der Waals surface area contributed by atoms with Gasteiger partial charge < -0.3 is 0 Å². The SMILES string of the molecule is CCSc1nnc(NC(=O)CN(C)S(=O)(=O)c2cccc3cnccc23)s1. The van der Waals surface area contributed by atoms with Crippen molar-refractivity contribution in [3.05, 3.63) is 36.7 Å². The number of nitrogens with zero attached hydrogens (tertiary/aromatic N) is 4. The number of fused-ring (bicyclic) bond motifs is 1. The van der Waals surface area contributed by atoms with Crippen molar-refractivity contribution in [2.75, 3.05) is 24.7 Å². The quantitative estimate of drug-likeness (QED) is 0.460. The van der Waals surface area contributed by atoms with Gasteiger partial charge in [0.1, 0.15) is 0 Å². The van der Waals surface area contributed by atoms with Gasteiger partial charge in [-0.15, -0.1) is 10.2 Å². The van der Waals surface area contributed by atoms with E-state index in [-0.39, 0.29) is 11.4 Å². The highest BCUT2D eigenvalue weighted by Gasteiger charge is 2.25. The predicted molar refractivity (Wildman–Crippen MR) is 106 cm³/mol. The number of thioether (sulfide) groups is 1. The smallest absolute Gasteiger partial charge is 0.243 e. The van der Waals surface area contributed by atoms with Gasteiger partial charge in [0, 0.05) is 30.2 Å². The first-order chi connectivity index (χ1) is 12.9. The number of hydrogen-bond acceptors (Lipinski definition) is 8. The number of nitrogens with one attached hydrogen (secondary N) is 1. The molecule has 0 unspecified atom stereocenters. The summed E-state index contributed by atoms with van der Waals surface area (Å²) in [6, 6.07) is 6.60. The van der Waals surface area contributed by atoms with Gasteiger partial charge in [-0.3, -0.25) is 15.1 Å². The number of sulfonamides is 1. The van der Waals surface area contributed by atoms with Gasteiger partial charge in [-0.05, 0) is 17.9 Å². The van der Waals surface area contributed by atoms with E-state index in [4.69, 9.17) is 0 Å². The number of carbonyl (C=O) groups is 1. The molecule has 11 heteroatoms. The summed E-state index contributed by atoms with van der Waals surface area (Å²) < 4.78 is 27.6. The van der Waals surface area contributed by atoms with Crippen LogP contribution in [0.2, 0.25) is 0 Å². The molecule has 0 saturated carbocycles. The van der Waals surface area contributed by atoms with E-state index in [1.54, 1.807) is 24.4 Å². The molecule has 8 nitrogen and oxygen atoms in total. The highest BCUT2D eigenvalue weighted by atomic mass is 32.2. The molecule has 0 saturated heterocycles. The van der Waals surface area contributed by atoms with Crippen LogP contribution in [0.4, 0.5) is 5.13 Å². The van der Waals surface area contributed by atoms with Crippen LogP contribution in [0.3, 0.4) is 0 Å². The molecular weight excluding hydrogens is 406 g/mol. The third kappa shape index (κ3) is 4.43. The molecule has 3 aromatic rings. The standard InChI is InChI=1S/C16H17N5O3S3/c1-3-25-16-20-19-15(26-16)18-14(22)10-21(2)27(23,24)13-6-4-5-11-9-17-8-7-12(11)13/h4-9H,3,10H2,1-2H3,(H,18,19,22). The van der Waals surface area contributed by atoms with Crippen molar-refractivity contribution >= 4 is 54.9 Å². The van der Waals surface area contributed by atoms with Crippen LogP contribution < -0.4 is 5.32 Å². The van der Waals surface area contributed by atoms with Crippen LogP contribution in [-0.2, 0) is 14.8 Å². The third-order valence-corrected chi connectivity index (χ3v) is 7.33. The Morgan fingerprint density at radius 3 is 2.89 bits per heavy atom. The molecule has 0 aliphatic heterocycles. The minimum atomic E-state index is -3.85. The summed E-state index contributed by atoms with van der Waals surface area (Å²) in [5.41, 5.74) is 0. The summed E-state index contributed by atoms with van der Waals surface area (Å²) in [5.74, 6) is 0.372. The van der Waals surface area contributed by atoms with Crippen molar-refractivity contribution in [2.45, 2.75) is 16.2 Å². The molecule has 2 heterocycles. The first-order valence-corrected chi connectivity index (χ1v) is 11.2. The lowest BCUT2D eigenvalue weighted by molar-refractivity contribution is -0.116. The molecule has 0 bridgehead atoms. The molecule has 0 aliphatic carbocycles. The molecule has 27 heavy (non-hydrogen) atoms. The zero-order valence-corrected chi connectivity index (χ0v) is 17.1. The summed E-state index contributed by atoms with van der Waals surface area (Å²) in [4.78, 5) is 16.4. The molecule has 3 rings (SSSR count). The second-order valence-corrected chi connectivity index (χ2v) is 9.97. The molecule has 1 amide bonds. The second-order valence-electron chi connectivity index (χ2n) is 5.47. The summed E-state index contributed by atoms with van der Waals surface area (Å²) in [6.45, 7) is 1.66. The van der Waals surface area contributed by atoms with Crippen molar-refractivity contribution in [1.29, 1.82) is 0 Å². The van der Waals surface area contributed by atoms with E-state index in [9.17, 15) is 13.2 Å². The molecule has 142 valence electrons. The lowest BCUT2D eigenvalue weighted by Gasteiger charge is -2.17. The maximum atomic E-state index is 12.9. The zero-order valence-electron chi connectivity index (χ0n) is 14.6. The monoisotopic (exact) mass is 423 g/mol. The van der Waals surface area contributed by atoms with Gasteiger partial charge in [-0.25, -0.2) is 8.42 Å². The van der Waals surface area contributed by atoms with Gasteiger partial charge in [0.05, 0.1) is 11.4 Å². The topological polar surface area (TPSA) is 105 Å². The summed E-state index contributed by atoms with van der Waals surface area (Å²) in [6.07, 6.45) is 3.14. The molecule has 1 aromatic carbocycles. The lowest BCUT2D eigenvalue weighted by Crippen LogP contribution is -2.35.